The van der Waals surface area contributed by atoms with Gasteiger partial charge >= 0.3 is 0 Å². The van der Waals surface area contributed by atoms with Gasteiger partial charge in [-0.3, -0.25) is 4.79 Å². The lowest BCUT2D eigenvalue weighted by atomic mass is 10.2. The molecule has 0 radical (unpaired) electrons. The van der Waals surface area contributed by atoms with Crippen LogP contribution in [0.5, 0.6) is 5.75 Å². The van der Waals surface area contributed by atoms with Crippen molar-refractivity contribution in [2.75, 3.05) is 37.7 Å². The lowest BCUT2D eigenvalue weighted by Gasteiger charge is -2.34. The fraction of sp³-hybridized carbons (Fsp3) is 0.208. The van der Waals surface area contributed by atoms with Gasteiger partial charge in [0.05, 0.1) is 0 Å². The number of oxazole rings is 1. The first-order chi connectivity index (χ1) is 15.6. The average molecular weight is 449 g/mol. The fourth-order valence-electron chi connectivity index (χ4n) is 3.34. The number of halogens is 1. The summed E-state index contributed by atoms with van der Waals surface area (Å²) in [5.41, 5.74) is 1.17. The van der Waals surface area contributed by atoms with Crippen LogP contribution in [0.2, 0.25) is 5.02 Å². The van der Waals surface area contributed by atoms with Gasteiger partial charge in [0.1, 0.15) is 11.8 Å². The first-order valence-corrected chi connectivity index (χ1v) is 10.6. The van der Waals surface area contributed by atoms with Gasteiger partial charge in [0.15, 0.2) is 6.61 Å². The molecule has 162 valence electrons. The molecule has 2 heterocycles. The number of nitrogens with zero attached hydrogens (tertiary/aromatic N) is 4. The molecule has 0 unspecified atom stereocenters. The highest BCUT2D eigenvalue weighted by Gasteiger charge is 2.26. The molecule has 1 aliphatic heterocycles. The number of anilines is 1. The summed E-state index contributed by atoms with van der Waals surface area (Å²) in [6.45, 7) is 2.11. The third-order valence-electron chi connectivity index (χ3n) is 5.05. The molecule has 2 aromatic carbocycles. The van der Waals surface area contributed by atoms with Crippen molar-refractivity contribution >= 4 is 35.5 Å². The van der Waals surface area contributed by atoms with E-state index in [1.165, 1.54) is 0 Å². The molecule has 1 amide bonds. The van der Waals surface area contributed by atoms with Crippen molar-refractivity contribution in [3.05, 3.63) is 76.8 Å². The van der Waals surface area contributed by atoms with E-state index in [1.807, 2.05) is 53.4 Å². The first-order valence-electron chi connectivity index (χ1n) is 10.2. The van der Waals surface area contributed by atoms with Crippen LogP contribution in [-0.4, -0.2) is 48.6 Å². The molecule has 3 aromatic rings. The highest BCUT2D eigenvalue weighted by molar-refractivity contribution is 6.30. The lowest BCUT2D eigenvalue weighted by Crippen LogP contribution is -2.50. The molecule has 0 bridgehead atoms. The Morgan fingerprint density at radius 1 is 1.09 bits per heavy atom. The van der Waals surface area contributed by atoms with Crippen LogP contribution in [0.15, 0.2) is 59.0 Å². The predicted octanol–water partition coefficient (Wildman–Crippen LogP) is 4.10. The Hall–Kier alpha value is -3.76. The molecule has 1 aromatic heterocycles. The SMILES string of the molecule is N#Cc1nc(C=Cc2ccc(Cl)cc2)oc1N1CCN(C(=O)COc2ccccc2)CC1. The van der Waals surface area contributed by atoms with Crippen LogP contribution in [0.1, 0.15) is 17.1 Å². The van der Waals surface area contributed by atoms with E-state index in [9.17, 15) is 10.1 Å². The molecule has 0 aliphatic carbocycles. The van der Waals surface area contributed by atoms with Crippen LogP contribution < -0.4 is 9.64 Å². The van der Waals surface area contributed by atoms with Crippen molar-refractivity contribution in [2.24, 2.45) is 0 Å². The summed E-state index contributed by atoms with van der Waals surface area (Å²) < 4.78 is 11.4. The number of amides is 1. The number of aromatic nitrogens is 1. The zero-order valence-corrected chi connectivity index (χ0v) is 18.0. The smallest absolute Gasteiger partial charge is 0.260 e. The Morgan fingerprint density at radius 2 is 1.81 bits per heavy atom. The maximum atomic E-state index is 12.5. The van der Waals surface area contributed by atoms with Gasteiger partial charge in [0, 0.05) is 37.3 Å². The summed E-state index contributed by atoms with van der Waals surface area (Å²) in [5.74, 6) is 1.37. The minimum absolute atomic E-state index is 0.00456. The van der Waals surface area contributed by atoms with Crippen molar-refractivity contribution in [1.29, 1.82) is 5.26 Å². The molecule has 0 spiro atoms. The molecule has 4 rings (SSSR count). The van der Waals surface area contributed by atoms with E-state index in [0.717, 1.165) is 5.56 Å². The van der Waals surface area contributed by atoms with E-state index in [0.29, 0.717) is 48.7 Å². The Bertz CT molecular complexity index is 1130. The third kappa shape index (κ3) is 5.29. The Kier molecular flexibility index (Phi) is 6.73. The van der Waals surface area contributed by atoms with Crippen LogP contribution >= 0.6 is 11.6 Å². The molecule has 32 heavy (non-hydrogen) atoms. The summed E-state index contributed by atoms with van der Waals surface area (Å²) >= 11 is 5.91. The van der Waals surface area contributed by atoms with Crippen LogP contribution in [-0.2, 0) is 4.79 Å². The second kappa shape index (κ2) is 10.0. The van der Waals surface area contributed by atoms with Gasteiger partial charge in [-0.15, -0.1) is 0 Å². The largest absolute Gasteiger partial charge is 0.484 e. The maximum absolute atomic E-state index is 12.5. The number of para-hydroxylation sites is 1. The van der Waals surface area contributed by atoms with E-state index < -0.39 is 0 Å². The summed E-state index contributed by atoms with van der Waals surface area (Å²) in [4.78, 5) is 20.4. The maximum Gasteiger partial charge on any atom is 0.260 e. The second-order valence-electron chi connectivity index (χ2n) is 7.17. The van der Waals surface area contributed by atoms with Crippen LogP contribution in [0.4, 0.5) is 5.88 Å². The summed E-state index contributed by atoms with van der Waals surface area (Å²) in [7, 11) is 0. The van der Waals surface area contributed by atoms with E-state index in [2.05, 4.69) is 11.1 Å². The Labute approximate surface area is 191 Å². The minimum atomic E-state index is -0.0711. The quantitative estimate of drug-likeness (QED) is 0.564. The Morgan fingerprint density at radius 3 is 2.50 bits per heavy atom. The summed E-state index contributed by atoms with van der Waals surface area (Å²) in [5, 5.41) is 10.1. The van der Waals surface area contributed by atoms with Crippen LogP contribution in [0.3, 0.4) is 0 Å². The zero-order valence-electron chi connectivity index (χ0n) is 17.3. The van der Waals surface area contributed by atoms with E-state index in [-0.39, 0.29) is 18.2 Å². The number of nitriles is 1. The number of hydrogen-bond acceptors (Lipinski definition) is 6. The van der Waals surface area contributed by atoms with Crippen molar-refractivity contribution < 1.29 is 13.9 Å². The molecule has 0 saturated carbocycles. The fourth-order valence-corrected chi connectivity index (χ4v) is 3.47. The van der Waals surface area contributed by atoms with Gasteiger partial charge in [-0.1, -0.05) is 41.9 Å². The molecule has 1 saturated heterocycles. The van der Waals surface area contributed by atoms with Crippen molar-refractivity contribution in [3.8, 4) is 11.8 Å². The number of benzene rings is 2. The van der Waals surface area contributed by atoms with Gasteiger partial charge in [0.2, 0.25) is 17.5 Å². The number of rotatable bonds is 6. The van der Waals surface area contributed by atoms with Gasteiger partial charge < -0.3 is 19.0 Å². The van der Waals surface area contributed by atoms with E-state index >= 15 is 0 Å². The van der Waals surface area contributed by atoms with Crippen LogP contribution in [0, 0.1) is 11.3 Å². The number of piperazine rings is 1. The third-order valence-corrected chi connectivity index (χ3v) is 5.30. The molecular formula is C24H21ClN4O3. The van der Waals surface area contributed by atoms with Crippen LogP contribution in [0.25, 0.3) is 12.2 Å². The van der Waals surface area contributed by atoms with Gasteiger partial charge in [-0.2, -0.15) is 10.2 Å². The lowest BCUT2D eigenvalue weighted by molar-refractivity contribution is -0.133. The molecule has 0 N–H and O–H groups in total. The highest BCUT2D eigenvalue weighted by Crippen LogP contribution is 2.24. The molecule has 1 fully saturated rings. The highest BCUT2D eigenvalue weighted by atomic mass is 35.5. The van der Waals surface area contributed by atoms with Crippen molar-refractivity contribution in [1.82, 2.24) is 9.88 Å². The number of ether oxygens (including phenoxy) is 1. The summed E-state index contributed by atoms with van der Waals surface area (Å²) in [6, 6.07) is 18.7. The van der Waals surface area contributed by atoms with Gasteiger partial charge in [-0.05, 0) is 35.9 Å². The normalized spacial score (nSPS) is 13.9. The molecule has 8 heteroatoms. The standard InChI is InChI=1S/C24H21ClN4O3/c25-19-9-6-18(7-10-19)8-11-22-27-21(16-26)24(32-22)29-14-12-28(13-15-29)23(30)17-31-20-4-2-1-3-5-20/h1-11H,12-15,17H2. The molecule has 7 nitrogen and oxygen atoms in total. The van der Waals surface area contributed by atoms with Crippen molar-refractivity contribution in [3.63, 3.8) is 0 Å². The van der Waals surface area contributed by atoms with Gasteiger partial charge in [-0.25, -0.2) is 0 Å². The zero-order chi connectivity index (χ0) is 22.3. The molecule has 0 atom stereocenters. The second-order valence-corrected chi connectivity index (χ2v) is 7.61. The minimum Gasteiger partial charge on any atom is -0.484 e. The number of carbonyl (C=O) groups excluding carboxylic acids is 1. The van der Waals surface area contributed by atoms with E-state index in [1.54, 1.807) is 23.1 Å². The van der Waals surface area contributed by atoms with E-state index in [4.69, 9.17) is 20.8 Å². The predicted molar refractivity (Wildman–Crippen MR) is 122 cm³/mol. The Balaban J connectivity index is 1.35. The van der Waals surface area contributed by atoms with Gasteiger partial charge in [0.25, 0.3) is 5.91 Å². The average Bonchev–Trinajstić information content (AvgIpc) is 3.26. The topological polar surface area (TPSA) is 82.6 Å². The monoisotopic (exact) mass is 448 g/mol. The first kappa shape index (κ1) is 21.5. The number of carbonyl (C=O) groups is 1. The summed E-state index contributed by atoms with van der Waals surface area (Å²) in [6.07, 6.45) is 3.56. The molecule has 1 aliphatic rings. The molecular weight excluding hydrogens is 428 g/mol. The number of hydrogen-bond donors (Lipinski definition) is 0. The van der Waals surface area contributed by atoms with Crippen molar-refractivity contribution in [2.45, 2.75) is 0 Å².